The maximum atomic E-state index is 14.8. The molecule has 0 spiro atoms. The number of H-pyrrole nitrogens is 1. The number of para-hydroxylation sites is 1. The van der Waals surface area contributed by atoms with E-state index in [-0.39, 0.29) is 29.3 Å². The van der Waals surface area contributed by atoms with E-state index in [1.807, 2.05) is 38.1 Å². The third-order valence-corrected chi connectivity index (χ3v) is 7.81. The lowest BCUT2D eigenvalue weighted by atomic mass is 9.71. The molecule has 200 valence electrons. The van der Waals surface area contributed by atoms with Gasteiger partial charge in [-0.15, -0.1) is 0 Å². The SMILES string of the molecule is CC(C)C1N(C(=O)c2ccc(F)c(CN3CCOCC3)c2)C=C(C(=O)O)c2[nH]c3ccccc3c2C1(C)C. The summed E-state index contributed by atoms with van der Waals surface area (Å²) in [7, 11) is 0. The quantitative estimate of drug-likeness (QED) is 0.494. The molecule has 38 heavy (non-hydrogen) atoms. The highest BCUT2D eigenvalue weighted by Gasteiger charge is 2.45. The van der Waals surface area contributed by atoms with Gasteiger partial charge in [0.25, 0.3) is 5.91 Å². The predicted octanol–water partition coefficient (Wildman–Crippen LogP) is 5.02. The minimum absolute atomic E-state index is 0.00636. The van der Waals surface area contributed by atoms with Gasteiger partial charge >= 0.3 is 5.97 Å². The van der Waals surface area contributed by atoms with Crippen LogP contribution < -0.4 is 0 Å². The number of carbonyl (C=O) groups is 2. The number of nitrogens with one attached hydrogen (secondary N) is 1. The number of morpholine rings is 1. The molecule has 2 aliphatic heterocycles. The van der Waals surface area contributed by atoms with Crippen molar-refractivity contribution in [3.8, 4) is 0 Å². The van der Waals surface area contributed by atoms with E-state index < -0.39 is 11.4 Å². The van der Waals surface area contributed by atoms with Gasteiger partial charge in [-0.25, -0.2) is 9.18 Å². The average Bonchev–Trinajstić information content (AvgIpc) is 3.23. The molecule has 2 aromatic carbocycles. The Morgan fingerprint density at radius 1 is 1.16 bits per heavy atom. The minimum atomic E-state index is -1.12. The highest BCUT2D eigenvalue weighted by molar-refractivity contribution is 6.17. The summed E-state index contributed by atoms with van der Waals surface area (Å²) in [6, 6.07) is 11.8. The van der Waals surface area contributed by atoms with Crippen LogP contribution in [0.25, 0.3) is 16.5 Å². The number of carboxylic acids is 1. The Balaban J connectivity index is 1.62. The largest absolute Gasteiger partial charge is 0.478 e. The molecular weight excluding hydrogens is 485 g/mol. The lowest BCUT2D eigenvalue weighted by Crippen LogP contribution is -2.50. The molecular formula is C30H34FN3O4. The zero-order chi connectivity index (χ0) is 27.2. The molecule has 1 fully saturated rings. The Bertz CT molecular complexity index is 1420. The lowest BCUT2D eigenvalue weighted by Gasteiger charge is -2.42. The monoisotopic (exact) mass is 519 g/mol. The summed E-state index contributed by atoms with van der Waals surface area (Å²) in [5.41, 5.74) is 2.42. The number of carboxylic acid groups (broad SMARTS) is 1. The van der Waals surface area contributed by atoms with Crippen LogP contribution in [0, 0.1) is 11.7 Å². The molecule has 1 aromatic heterocycles. The van der Waals surface area contributed by atoms with Crippen molar-refractivity contribution >= 4 is 28.4 Å². The Kier molecular flexibility index (Phi) is 6.88. The summed E-state index contributed by atoms with van der Waals surface area (Å²) in [4.78, 5) is 33.7. The van der Waals surface area contributed by atoms with Crippen molar-refractivity contribution in [1.82, 2.24) is 14.8 Å². The number of rotatable bonds is 5. The van der Waals surface area contributed by atoms with Crippen molar-refractivity contribution in [3.05, 3.63) is 76.9 Å². The molecule has 1 atom stereocenters. The van der Waals surface area contributed by atoms with E-state index >= 15 is 0 Å². The van der Waals surface area contributed by atoms with E-state index in [1.54, 1.807) is 11.0 Å². The highest BCUT2D eigenvalue weighted by Crippen LogP contribution is 2.45. The molecule has 0 saturated carbocycles. The predicted molar refractivity (Wildman–Crippen MR) is 144 cm³/mol. The first-order valence-corrected chi connectivity index (χ1v) is 13.1. The second-order valence-corrected chi connectivity index (χ2v) is 11.1. The van der Waals surface area contributed by atoms with Crippen molar-refractivity contribution in [3.63, 3.8) is 0 Å². The van der Waals surface area contributed by atoms with Crippen LogP contribution in [0.1, 0.15) is 54.9 Å². The van der Waals surface area contributed by atoms with Crippen LogP contribution in [0.2, 0.25) is 0 Å². The Labute approximate surface area is 221 Å². The fourth-order valence-electron chi connectivity index (χ4n) is 6.27. The number of aromatic nitrogens is 1. The van der Waals surface area contributed by atoms with E-state index in [2.05, 4.69) is 23.7 Å². The second-order valence-electron chi connectivity index (χ2n) is 11.1. The Hall–Kier alpha value is -3.49. The number of amides is 1. The summed E-state index contributed by atoms with van der Waals surface area (Å²) in [6.07, 6.45) is 1.46. The van der Waals surface area contributed by atoms with Crippen molar-refractivity contribution in [2.75, 3.05) is 26.3 Å². The Morgan fingerprint density at radius 3 is 2.55 bits per heavy atom. The number of nitrogens with zero attached hydrogens (tertiary/aromatic N) is 2. The maximum absolute atomic E-state index is 14.8. The fraction of sp³-hybridized carbons (Fsp3) is 0.400. The van der Waals surface area contributed by atoms with Crippen molar-refractivity contribution < 1.29 is 23.8 Å². The molecule has 1 amide bonds. The van der Waals surface area contributed by atoms with E-state index in [0.29, 0.717) is 49.7 Å². The van der Waals surface area contributed by atoms with Gasteiger partial charge in [-0.1, -0.05) is 45.9 Å². The van der Waals surface area contributed by atoms with Crippen LogP contribution >= 0.6 is 0 Å². The van der Waals surface area contributed by atoms with Crippen LogP contribution in [0.4, 0.5) is 4.39 Å². The average molecular weight is 520 g/mol. The van der Waals surface area contributed by atoms with Gasteiger partial charge in [-0.05, 0) is 35.7 Å². The molecule has 3 heterocycles. The van der Waals surface area contributed by atoms with Crippen molar-refractivity contribution in [2.45, 2.75) is 45.7 Å². The molecule has 1 saturated heterocycles. The molecule has 2 aliphatic rings. The van der Waals surface area contributed by atoms with E-state index in [4.69, 9.17) is 4.74 Å². The molecule has 7 nitrogen and oxygen atoms in total. The van der Waals surface area contributed by atoms with E-state index in [1.165, 1.54) is 18.3 Å². The lowest BCUT2D eigenvalue weighted by molar-refractivity contribution is -0.130. The number of ether oxygens (including phenoxy) is 1. The first-order valence-electron chi connectivity index (χ1n) is 13.1. The zero-order valence-corrected chi connectivity index (χ0v) is 22.3. The number of aromatic amines is 1. The summed E-state index contributed by atoms with van der Waals surface area (Å²) in [5, 5.41) is 11.2. The molecule has 0 radical (unpaired) electrons. The summed E-state index contributed by atoms with van der Waals surface area (Å²) < 4.78 is 20.2. The third-order valence-electron chi connectivity index (χ3n) is 7.81. The van der Waals surface area contributed by atoms with Crippen LogP contribution in [-0.2, 0) is 21.5 Å². The zero-order valence-electron chi connectivity index (χ0n) is 22.3. The third kappa shape index (κ3) is 4.52. The van der Waals surface area contributed by atoms with Gasteiger partial charge in [0, 0.05) is 59.3 Å². The first kappa shape index (κ1) is 26.1. The summed E-state index contributed by atoms with van der Waals surface area (Å²) >= 11 is 0. The molecule has 0 aliphatic carbocycles. The van der Waals surface area contributed by atoms with E-state index in [9.17, 15) is 19.1 Å². The topological polar surface area (TPSA) is 85.9 Å². The number of benzene rings is 2. The number of halogens is 1. The molecule has 3 aromatic rings. The number of carbonyl (C=O) groups excluding carboxylic acids is 1. The van der Waals surface area contributed by atoms with Gasteiger partial charge in [0.15, 0.2) is 0 Å². The Morgan fingerprint density at radius 2 is 1.87 bits per heavy atom. The fourth-order valence-corrected chi connectivity index (χ4v) is 6.27. The highest BCUT2D eigenvalue weighted by atomic mass is 19.1. The van der Waals surface area contributed by atoms with E-state index in [0.717, 1.165) is 16.5 Å². The minimum Gasteiger partial charge on any atom is -0.478 e. The number of hydrogen-bond donors (Lipinski definition) is 2. The standard InChI is InChI=1S/C30H34FN3O4/c1-18(2)27-30(3,4)25-21-7-5-6-8-24(21)32-26(25)22(29(36)37)17-34(27)28(35)19-9-10-23(31)20(15-19)16-33-11-13-38-14-12-33/h5-10,15,17-18,27,32H,11-14,16H2,1-4H3,(H,36,37). The summed E-state index contributed by atoms with van der Waals surface area (Å²) in [5.74, 6) is -1.85. The van der Waals surface area contributed by atoms with Crippen LogP contribution in [0.5, 0.6) is 0 Å². The molecule has 8 heteroatoms. The number of hydrogen-bond acceptors (Lipinski definition) is 4. The normalized spacial score (nSPS) is 19.8. The smallest absolute Gasteiger partial charge is 0.339 e. The van der Waals surface area contributed by atoms with Crippen LogP contribution in [0.15, 0.2) is 48.7 Å². The number of fused-ring (bicyclic) bond motifs is 3. The maximum Gasteiger partial charge on any atom is 0.339 e. The van der Waals surface area contributed by atoms with Gasteiger partial charge in [0.1, 0.15) is 5.82 Å². The molecule has 2 N–H and O–H groups in total. The van der Waals surface area contributed by atoms with Gasteiger partial charge in [0.05, 0.1) is 24.5 Å². The van der Waals surface area contributed by atoms with Gasteiger partial charge in [0.2, 0.25) is 0 Å². The summed E-state index contributed by atoms with van der Waals surface area (Å²) in [6.45, 7) is 11.2. The molecule has 0 bridgehead atoms. The van der Waals surface area contributed by atoms with Crippen LogP contribution in [0.3, 0.4) is 0 Å². The van der Waals surface area contributed by atoms with Gasteiger partial charge < -0.3 is 19.7 Å². The van der Waals surface area contributed by atoms with Gasteiger partial charge in [-0.3, -0.25) is 9.69 Å². The first-order chi connectivity index (χ1) is 18.1. The van der Waals surface area contributed by atoms with Gasteiger partial charge in [-0.2, -0.15) is 0 Å². The van der Waals surface area contributed by atoms with Crippen molar-refractivity contribution in [1.29, 1.82) is 0 Å². The molecule has 1 unspecified atom stereocenters. The number of aliphatic carboxylic acids is 1. The van der Waals surface area contributed by atoms with Crippen molar-refractivity contribution in [2.24, 2.45) is 5.92 Å². The molecule has 5 rings (SSSR count). The second kappa shape index (κ2) is 10.0. The van der Waals surface area contributed by atoms with Crippen LogP contribution in [-0.4, -0.2) is 64.1 Å².